The Labute approximate surface area is 184 Å². The molecule has 1 unspecified atom stereocenters. The highest BCUT2D eigenvalue weighted by Gasteiger charge is 2.25. The van der Waals surface area contributed by atoms with Crippen LogP contribution in [-0.2, 0) is 13.1 Å². The number of anilines is 1. The number of allylic oxidation sites excluding steroid dienone is 1. The Hall–Kier alpha value is -3.28. The number of benzene rings is 1. The molecule has 1 atom stereocenters. The second-order valence-corrected chi connectivity index (χ2v) is 7.76. The summed E-state index contributed by atoms with van der Waals surface area (Å²) in [5.41, 5.74) is 5.15. The van der Waals surface area contributed by atoms with Crippen LogP contribution in [-0.4, -0.2) is 38.5 Å². The zero-order valence-corrected chi connectivity index (χ0v) is 17.7. The molecule has 0 saturated carbocycles. The van der Waals surface area contributed by atoms with E-state index in [2.05, 4.69) is 10.1 Å². The molecule has 1 aromatic carbocycles. The molecule has 33 heavy (non-hydrogen) atoms. The maximum atomic E-state index is 13.8. The van der Waals surface area contributed by atoms with E-state index >= 15 is 0 Å². The molecular weight excluding hydrogens is 447 g/mol. The molecule has 0 radical (unpaired) electrons. The largest absolute Gasteiger partial charge is 0.341 e. The second-order valence-electron chi connectivity index (χ2n) is 7.76. The number of hydrogen-bond acceptors (Lipinski definition) is 5. The minimum atomic E-state index is -2.23. The van der Waals surface area contributed by atoms with Gasteiger partial charge in [-0.15, -0.1) is 0 Å². The number of rotatable bonds is 5. The van der Waals surface area contributed by atoms with Crippen molar-refractivity contribution in [3.8, 4) is 0 Å². The van der Waals surface area contributed by atoms with Gasteiger partial charge in [0.1, 0.15) is 11.0 Å². The second kappa shape index (κ2) is 8.93. The van der Waals surface area contributed by atoms with Gasteiger partial charge >= 0.3 is 0 Å². The first-order valence-electron chi connectivity index (χ1n) is 10.4. The van der Waals surface area contributed by atoms with Gasteiger partial charge in [-0.05, 0) is 19.8 Å². The lowest BCUT2D eigenvalue weighted by Crippen LogP contribution is -2.44. The minimum absolute atomic E-state index is 0.00529. The van der Waals surface area contributed by atoms with Crippen molar-refractivity contribution in [2.24, 2.45) is 5.73 Å². The van der Waals surface area contributed by atoms with E-state index in [1.54, 1.807) is 4.57 Å². The van der Waals surface area contributed by atoms with Crippen LogP contribution in [0.3, 0.4) is 0 Å². The average Bonchev–Trinajstić information content (AvgIpc) is 3.19. The van der Waals surface area contributed by atoms with Crippen LogP contribution in [0, 0.1) is 29.1 Å². The minimum Gasteiger partial charge on any atom is -0.341 e. The molecule has 2 N–H and O–H groups in total. The molecule has 1 aliphatic rings. The fourth-order valence-corrected chi connectivity index (χ4v) is 3.97. The van der Waals surface area contributed by atoms with Crippen molar-refractivity contribution >= 4 is 23.1 Å². The molecule has 12 heteroatoms. The van der Waals surface area contributed by atoms with Crippen LogP contribution >= 0.6 is 0 Å². The van der Waals surface area contributed by atoms with Gasteiger partial charge in [-0.1, -0.05) is 12.2 Å². The number of halogens is 5. The van der Waals surface area contributed by atoms with E-state index in [0.717, 1.165) is 36.2 Å². The molecule has 176 valence electrons. The third kappa shape index (κ3) is 3.99. The normalized spacial score (nSPS) is 16.9. The third-order valence-corrected chi connectivity index (χ3v) is 5.59. The van der Waals surface area contributed by atoms with Crippen molar-refractivity contribution in [2.75, 3.05) is 18.0 Å². The predicted molar refractivity (Wildman–Crippen MR) is 112 cm³/mol. The van der Waals surface area contributed by atoms with Gasteiger partial charge in [0, 0.05) is 25.7 Å². The van der Waals surface area contributed by atoms with Crippen LogP contribution in [0.5, 0.6) is 0 Å². The van der Waals surface area contributed by atoms with Gasteiger partial charge in [-0.25, -0.2) is 31.6 Å². The first-order valence-corrected chi connectivity index (χ1v) is 10.4. The number of imidazole rings is 1. The molecule has 4 rings (SSSR count). The number of aromatic nitrogens is 4. The fourth-order valence-electron chi connectivity index (χ4n) is 3.97. The fraction of sp³-hybridized carbons (Fsp3) is 0.381. The van der Waals surface area contributed by atoms with Gasteiger partial charge in [0.05, 0.1) is 18.3 Å². The van der Waals surface area contributed by atoms with E-state index in [1.165, 1.54) is 6.20 Å². The number of nitrogens with zero attached hydrogens (tertiary/aromatic N) is 5. The Morgan fingerprint density at radius 1 is 1.12 bits per heavy atom. The average molecular weight is 468 g/mol. The molecule has 1 saturated heterocycles. The first-order chi connectivity index (χ1) is 15.7. The molecule has 3 heterocycles. The number of aryl methyl sites for hydroxylation is 1. The number of hydrogen-bond donors (Lipinski definition) is 1. The van der Waals surface area contributed by atoms with Crippen LogP contribution in [0.1, 0.15) is 25.3 Å². The molecule has 0 bridgehead atoms. The van der Waals surface area contributed by atoms with Crippen LogP contribution in [0.4, 0.5) is 27.9 Å². The van der Waals surface area contributed by atoms with Gasteiger partial charge in [0.25, 0.3) is 5.56 Å². The zero-order chi connectivity index (χ0) is 23.9. The summed E-state index contributed by atoms with van der Waals surface area (Å²) in [7, 11) is 0. The monoisotopic (exact) mass is 468 g/mol. The summed E-state index contributed by atoms with van der Waals surface area (Å²) in [6.45, 7) is 3.42. The quantitative estimate of drug-likeness (QED) is 0.354. The van der Waals surface area contributed by atoms with Gasteiger partial charge in [0.2, 0.25) is 11.8 Å². The van der Waals surface area contributed by atoms with Crippen molar-refractivity contribution in [3.63, 3.8) is 0 Å². The lowest BCUT2D eigenvalue weighted by Gasteiger charge is -2.31. The Bertz CT molecular complexity index is 1270. The topological polar surface area (TPSA) is 82.0 Å². The van der Waals surface area contributed by atoms with Crippen LogP contribution in [0.25, 0.3) is 17.1 Å². The Kier molecular flexibility index (Phi) is 6.19. The highest BCUT2D eigenvalue weighted by atomic mass is 19.2. The Balaban J connectivity index is 1.68. The molecule has 0 aliphatic carbocycles. The van der Waals surface area contributed by atoms with Crippen LogP contribution in [0.15, 0.2) is 17.1 Å². The van der Waals surface area contributed by atoms with E-state index in [0.29, 0.717) is 30.1 Å². The zero-order valence-electron chi connectivity index (χ0n) is 17.7. The summed E-state index contributed by atoms with van der Waals surface area (Å²) in [5, 5.41) is 4.02. The van der Waals surface area contributed by atoms with Gasteiger partial charge in [0.15, 0.2) is 23.3 Å². The summed E-state index contributed by atoms with van der Waals surface area (Å²) in [6.07, 6.45) is 5.02. The molecule has 1 fully saturated rings. The number of piperidine rings is 1. The summed E-state index contributed by atoms with van der Waals surface area (Å²) >= 11 is 0. The lowest BCUT2D eigenvalue weighted by atomic mass is 10.1. The van der Waals surface area contributed by atoms with Crippen molar-refractivity contribution in [1.29, 1.82) is 0 Å². The summed E-state index contributed by atoms with van der Waals surface area (Å²) in [5.74, 6) is -9.61. The van der Waals surface area contributed by atoms with Gasteiger partial charge in [-0.3, -0.25) is 4.79 Å². The van der Waals surface area contributed by atoms with E-state index in [1.807, 2.05) is 11.8 Å². The van der Waals surface area contributed by atoms with E-state index in [-0.39, 0.29) is 12.6 Å². The first kappa shape index (κ1) is 22.9. The van der Waals surface area contributed by atoms with Crippen LogP contribution in [0.2, 0.25) is 0 Å². The van der Waals surface area contributed by atoms with Crippen molar-refractivity contribution < 1.29 is 22.0 Å². The van der Waals surface area contributed by atoms with Crippen molar-refractivity contribution in [1.82, 2.24) is 19.3 Å². The van der Waals surface area contributed by atoms with E-state index in [9.17, 15) is 26.7 Å². The molecular formula is C21H21F5N6O. The summed E-state index contributed by atoms with van der Waals surface area (Å²) < 4.78 is 70.4. The molecule has 0 spiro atoms. The predicted octanol–water partition coefficient (Wildman–Crippen LogP) is 2.95. The van der Waals surface area contributed by atoms with Crippen molar-refractivity contribution in [2.45, 2.75) is 38.9 Å². The number of fused-ring (bicyclic) bond motifs is 1. The Morgan fingerprint density at radius 2 is 1.79 bits per heavy atom. The summed E-state index contributed by atoms with van der Waals surface area (Å²) in [6, 6.07) is 0.00529. The maximum Gasteiger partial charge on any atom is 0.293 e. The smallest absolute Gasteiger partial charge is 0.293 e. The van der Waals surface area contributed by atoms with Crippen molar-refractivity contribution in [3.05, 3.63) is 57.3 Å². The lowest BCUT2D eigenvalue weighted by molar-refractivity contribution is 0.377. The highest BCUT2D eigenvalue weighted by molar-refractivity contribution is 5.77. The van der Waals surface area contributed by atoms with Crippen LogP contribution < -0.4 is 16.2 Å². The number of nitrogens with two attached hydrogens (primary N) is 1. The molecule has 1 aliphatic heterocycles. The van der Waals surface area contributed by atoms with Gasteiger partial charge in [-0.2, -0.15) is 5.10 Å². The standard InChI is InChI=1S/C21H21F5N6O/c1-2-31-19-13(29-21(31)30-7-3-5-11(27)10-30)9-28-32(20(19)33)8-4-6-12-14(22)16(24)18(26)17(25)15(12)23/h4,6,9,11H,2-3,5,7-8,10,27H2,1H3/b6-4+. The van der Waals surface area contributed by atoms with Gasteiger partial charge < -0.3 is 15.2 Å². The Morgan fingerprint density at radius 3 is 2.42 bits per heavy atom. The molecule has 7 nitrogen and oxygen atoms in total. The molecule has 2 aromatic heterocycles. The maximum absolute atomic E-state index is 13.8. The summed E-state index contributed by atoms with van der Waals surface area (Å²) in [4.78, 5) is 19.6. The highest BCUT2D eigenvalue weighted by Crippen LogP contribution is 2.25. The third-order valence-electron chi connectivity index (χ3n) is 5.59. The SMILES string of the molecule is CCn1c(N2CCCC(N)C2)nc2cnn(C/C=C/c3c(F)c(F)c(F)c(F)c3F)c(=O)c21. The van der Waals surface area contributed by atoms with E-state index < -0.39 is 40.2 Å². The van der Waals surface area contributed by atoms with E-state index in [4.69, 9.17) is 5.73 Å². The molecule has 3 aromatic rings. The molecule has 0 amide bonds.